The molecule has 1 fully saturated rings. The van der Waals surface area contributed by atoms with Gasteiger partial charge in [0.15, 0.2) is 0 Å². The van der Waals surface area contributed by atoms with Gasteiger partial charge in [0.25, 0.3) is 5.78 Å². The number of amides is 1. The molecule has 1 unspecified atom stereocenters. The number of hydrogen-bond acceptors (Lipinski definition) is 5. The highest BCUT2D eigenvalue weighted by Gasteiger charge is 2.48. The van der Waals surface area contributed by atoms with Gasteiger partial charge in [-0.3, -0.25) is 14.5 Å². The van der Waals surface area contributed by atoms with Crippen LogP contribution < -0.4 is 9.64 Å². The molecule has 1 aromatic heterocycles. The molecule has 192 valence electrons. The molecule has 1 saturated heterocycles. The molecular formula is C31H29N3O4. The molecule has 1 aliphatic heterocycles. The number of H-pyrrole nitrogens is 1. The van der Waals surface area contributed by atoms with E-state index in [-0.39, 0.29) is 23.4 Å². The van der Waals surface area contributed by atoms with Gasteiger partial charge in [-0.15, -0.1) is 0 Å². The Balaban J connectivity index is 1.51. The summed E-state index contributed by atoms with van der Waals surface area (Å²) in [5.74, 6) is -0.725. The van der Waals surface area contributed by atoms with Crippen LogP contribution in [-0.2, 0) is 22.4 Å². The van der Waals surface area contributed by atoms with Gasteiger partial charge in [0.1, 0.15) is 11.5 Å². The molecule has 7 heteroatoms. The number of Topliss-reactive ketones (excluding diaryl/α,β-unsaturated/α-hetero) is 1. The zero-order chi connectivity index (χ0) is 26.4. The summed E-state index contributed by atoms with van der Waals surface area (Å²) in [5.41, 5.74) is 5.13. The normalized spacial score (nSPS) is 18.8. The average Bonchev–Trinajstić information content (AvgIpc) is 3.46. The lowest BCUT2D eigenvalue weighted by molar-refractivity contribution is -0.132. The number of nitrogens with zero attached hydrogens (tertiary/aromatic N) is 2. The van der Waals surface area contributed by atoms with E-state index in [2.05, 4.69) is 9.97 Å². The molecule has 3 aromatic carbocycles. The Morgan fingerprint density at radius 2 is 1.74 bits per heavy atom. The van der Waals surface area contributed by atoms with Crippen molar-refractivity contribution >= 4 is 34.4 Å². The molecule has 0 spiro atoms. The van der Waals surface area contributed by atoms with E-state index in [0.717, 1.165) is 31.2 Å². The van der Waals surface area contributed by atoms with Gasteiger partial charge in [-0.1, -0.05) is 36.4 Å². The van der Waals surface area contributed by atoms with Crippen LogP contribution in [-0.4, -0.2) is 32.9 Å². The molecule has 0 bridgehead atoms. The lowest BCUT2D eigenvalue weighted by Crippen LogP contribution is -2.30. The Morgan fingerprint density at radius 1 is 1.00 bits per heavy atom. The quantitative estimate of drug-likeness (QED) is 0.201. The second kappa shape index (κ2) is 9.49. The average molecular weight is 508 g/mol. The summed E-state index contributed by atoms with van der Waals surface area (Å²) in [6.07, 6.45) is 4.20. The summed E-state index contributed by atoms with van der Waals surface area (Å²) < 4.78 is 5.79. The lowest BCUT2D eigenvalue weighted by atomic mass is 9.89. The van der Waals surface area contributed by atoms with Crippen LogP contribution in [0.15, 0.2) is 72.3 Å². The summed E-state index contributed by atoms with van der Waals surface area (Å²) in [4.78, 5) is 36.2. The molecule has 1 atom stereocenters. The number of hydrogen-bond donors (Lipinski definition) is 2. The van der Waals surface area contributed by atoms with Gasteiger partial charge < -0.3 is 14.8 Å². The van der Waals surface area contributed by atoms with Crippen LogP contribution in [0.2, 0.25) is 0 Å². The standard InChI is InChI=1S/C31H29N3O4/c1-18(2)38-23-15-13-20(14-16-23)27-26(28(35)22-12-11-19-7-3-4-8-21(19)17-22)29(36)30(37)34(27)31-32-24-9-5-6-10-25(24)33-31/h5-6,9-18,27,35H,3-4,7-8H2,1-2H3,(H,32,33)/b28-26+. The van der Waals surface area contributed by atoms with Crippen molar-refractivity contribution in [3.8, 4) is 5.75 Å². The third-order valence-corrected chi connectivity index (χ3v) is 7.24. The van der Waals surface area contributed by atoms with Gasteiger partial charge in [-0.25, -0.2) is 4.98 Å². The number of aromatic nitrogens is 2. The van der Waals surface area contributed by atoms with E-state index in [1.807, 2.05) is 80.6 Å². The minimum absolute atomic E-state index is 0.00560. The van der Waals surface area contributed by atoms with Gasteiger partial charge >= 0.3 is 5.91 Å². The van der Waals surface area contributed by atoms with Crippen LogP contribution in [0.4, 0.5) is 5.95 Å². The van der Waals surface area contributed by atoms with Crippen molar-refractivity contribution in [1.82, 2.24) is 9.97 Å². The maximum atomic E-state index is 13.5. The van der Waals surface area contributed by atoms with E-state index in [4.69, 9.17) is 4.74 Å². The summed E-state index contributed by atoms with van der Waals surface area (Å²) in [6.45, 7) is 3.89. The SMILES string of the molecule is CC(C)Oc1ccc(C2/C(=C(\O)c3ccc4c(c3)CCCC4)C(=O)C(=O)N2c2nc3ccccc3[nH]2)cc1. The smallest absolute Gasteiger partial charge is 0.302 e. The van der Waals surface area contributed by atoms with E-state index in [1.54, 1.807) is 0 Å². The van der Waals surface area contributed by atoms with Crippen molar-refractivity contribution < 1.29 is 19.4 Å². The number of fused-ring (bicyclic) bond motifs is 2. The van der Waals surface area contributed by atoms with E-state index in [9.17, 15) is 14.7 Å². The first-order chi connectivity index (χ1) is 18.4. The number of benzene rings is 3. The van der Waals surface area contributed by atoms with Crippen LogP contribution in [0.1, 0.15) is 55.0 Å². The molecule has 2 heterocycles. The number of carbonyl (C=O) groups is 2. The van der Waals surface area contributed by atoms with Crippen LogP contribution in [0, 0.1) is 0 Å². The van der Waals surface area contributed by atoms with Gasteiger partial charge in [-0.2, -0.15) is 0 Å². The summed E-state index contributed by atoms with van der Waals surface area (Å²) >= 11 is 0. The molecule has 1 amide bonds. The Labute approximate surface area is 220 Å². The highest BCUT2D eigenvalue weighted by molar-refractivity contribution is 6.51. The van der Waals surface area contributed by atoms with Crippen LogP contribution in [0.3, 0.4) is 0 Å². The minimum Gasteiger partial charge on any atom is -0.507 e. The molecule has 38 heavy (non-hydrogen) atoms. The minimum atomic E-state index is -0.861. The zero-order valence-corrected chi connectivity index (χ0v) is 21.4. The van der Waals surface area contributed by atoms with E-state index < -0.39 is 17.7 Å². The number of aliphatic hydroxyl groups is 1. The van der Waals surface area contributed by atoms with Crippen LogP contribution in [0.5, 0.6) is 5.75 Å². The highest BCUT2D eigenvalue weighted by atomic mass is 16.5. The number of anilines is 1. The van der Waals surface area contributed by atoms with Gasteiger partial charge in [0, 0.05) is 5.56 Å². The number of aliphatic hydroxyl groups excluding tert-OH is 1. The monoisotopic (exact) mass is 507 g/mol. The van der Waals surface area contributed by atoms with Crippen molar-refractivity contribution in [2.24, 2.45) is 0 Å². The number of aromatic amines is 1. The maximum absolute atomic E-state index is 13.5. The number of aryl methyl sites for hydroxylation is 2. The third-order valence-electron chi connectivity index (χ3n) is 7.24. The fourth-order valence-electron chi connectivity index (χ4n) is 5.46. The Morgan fingerprint density at radius 3 is 2.47 bits per heavy atom. The first-order valence-corrected chi connectivity index (χ1v) is 13.1. The largest absolute Gasteiger partial charge is 0.507 e. The number of rotatable bonds is 5. The number of nitrogens with one attached hydrogen (secondary N) is 1. The van der Waals surface area contributed by atoms with Crippen molar-refractivity contribution in [3.05, 3.63) is 94.6 Å². The molecular weight excluding hydrogens is 478 g/mol. The van der Waals surface area contributed by atoms with E-state index >= 15 is 0 Å². The number of para-hydroxylation sites is 2. The van der Waals surface area contributed by atoms with Crippen molar-refractivity contribution in [2.75, 3.05) is 4.90 Å². The molecule has 4 aromatic rings. The fraction of sp³-hybridized carbons (Fsp3) is 0.258. The van der Waals surface area contributed by atoms with Gasteiger partial charge in [-0.05, 0) is 86.6 Å². The molecule has 0 saturated carbocycles. The summed E-state index contributed by atoms with van der Waals surface area (Å²) in [5, 5.41) is 11.5. The number of ether oxygens (including phenoxy) is 1. The predicted octanol–water partition coefficient (Wildman–Crippen LogP) is 5.86. The molecule has 7 nitrogen and oxygen atoms in total. The molecule has 2 aliphatic rings. The molecule has 6 rings (SSSR count). The Hall–Kier alpha value is -4.39. The van der Waals surface area contributed by atoms with Gasteiger partial charge in [0.05, 0.1) is 28.8 Å². The highest BCUT2D eigenvalue weighted by Crippen LogP contribution is 2.42. The number of imidazole rings is 1. The van der Waals surface area contributed by atoms with E-state index in [1.165, 1.54) is 16.0 Å². The van der Waals surface area contributed by atoms with Crippen molar-refractivity contribution in [2.45, 2.75) is 51.7 Å². The molecule has 0 radical (unpaired) electrons. The molecule has 2 N–H and O–H groups in total. The second-order valence-electron chi connectivity index (χ2n) is 10.2. The second-order valence-corrected chi connectivity index (χ2v) is 10.2. The zero-order valence-electron chi connectivity index (χ0n) is 21.4. The summed E-state index contributed by atoms with van der Waals surface area (Å²) in [7, 11) is 0. The predicted molar refractivity (Wildman–Crippen MR) is 146 cm³/mol. The molecule has 1 aliphatic carbocycles. The Bertz CT molecular complexity index is 1550. The first-order valence-electron chi connectivity index (χ1n) is 13.1. The van der Waals surface area contributed by atoms with Crippen molar-refractivity contribution in [3.63, 3.8) is 0 Å². The Kier molecular flexibility index (Phi) is 5.98. The lowest BCUT2D eigenvalue weighted by Gasteiger charge is -2.23. The van der Waals surface area contributed by atoms with Crippen LogP contribution in [0.25, 0.3) is 16.8 Å². The first kappa shape index (κ1) is 24.0. The van der Waals surface area contributed by atoms with E-state index in [0.29, 0.717) is 22.4 Å². The number of ketones is 1. The summed E-state index contributed by atoms with van der Waals surface area (Å²) in [6, 6.07) is 19.7. The maximum Gasteiger partial charge on any atom is 0.302 e. The third kappa shape index (κ3) is 4.14. The number of carbonyl (C=O) groups excluding carboxylic acids is 2. The fourth-order valence-corrected chi connectivity index (χ4v) is 5.46. The van der Waals surface area contributed by atoms with Crippen LogP contribution >= 0.6 is 0 Å². The van der Waals surface area contributed by atoms with Gasteiger partial charge in [0.2, 0.25) is 5.95 Å². The van der Waals surface area contributed by atoms with Crippen molar-refractivity contribution in [1.29, 1.82) is 0 Å². The topological polar surface area (TPSA) is 95.5 Å².